The summed E-state index contributed by atoms with van der Waals surface area (Å²) in [6.45, 7) is 5.71. The van der Waals surface area contributed by atoms with E-state index >= 15 is 0 Å². The first-order valence-electron chi connectivity index (χ1n) is 6.73. The van der Waals surface area contributed by atoms with Gasteiger partial charge >= 0.3 is 7.12 Å². The van der Waals surface area contributed by atoms with E-state index in [0.29, 0.717) is 13.2 Å². The van der Waals surface area contributed by atoms with Crippen molar-refractivity contribution in [2.75, 3.05) is 13.2 Å². The summed E-state index contributed by atoms with van der Waals surface area (Å²) in [5.41, 5.74) is 3.23. The molecule has 5 heteroatoms. The third-order valence-electron chi connectivity index (χ3n) is 3.33. The summed E-state index contributed by atoms with van der Waals surface area (Å²) in [5, 5.41) is 0. The van der Waals surface area contributed by atoms with E-state index in [1.54, 1.807) is 12.4 Å². The van der Waals surface area contributed by atoms with Crippen LogP contribution in [0.3, 0.4) is 0 Å². The zero-order valence-electron chi connectivity index (χ0n) is 11.7. The number of hydrogen-bond acceptors (Lipinski definition) is 4. The second-order valence-corrected chi connectivity index (χ2v) is 5.87. The van der Waals surface area contributed by atoms with Crippen LogP contribution < -0.4 is 5.46 Å². The van der Waals surface area contributed by atoms with Crippen LogP contribution in [0.25, 0.3) is 11.1 Å². The Morgan fingerprint density at radius 3 is 2.15 bits per heavy atom. The van der Waals surface area contributed by atoms with E-state index < -0.39 is 0 Å². The molecule has 2 heterocycles. The van der Waals surface area contributed by atoms with E-state index in [4.69, 9.17) is 9.31 Å². The standard InChI is InChI=1S/C15H17BN2O2/c1-15(2)9-19-16(20-10-15)14-5-3-12(4-6-14)13-7-17-11-18-8-13/h3-8,11H,9-10H2,1-2H3. The topological polar surface area (TPSA) is 44.2 Å². The summed E-state index contributed by atoms with van der Waals surface area (Å²) in [6.07, 6.45) is 5.14. The SMILES string of the molecule is CC1(C)COB(c2ccc(-c3cncnc3)cc2)OC1. The predicted molar refractivity (Wildman–Crippen MR) is 78.5 cm³/mol. The van der Waals surface area contributed by atoms with Crippen LogP contribution in [0.15, 0.2) is 43.0 Å². The third-order valence-corrected chi connectivity index (χ3v) is 3.33. The molecule has 1 aliphatic rings. The first kappa shape index (κ1) is 13.3. The maximum absolute atomic E-state index is 5.78. The number of aromatic nitrogens is 2. The van der Waals surface area contributed by atoms with Crippen molar-refractivity contribution in [3.05, 3.63) is 43.0 Å². The number of benzene rings is 1. The fourth-order valence-corrected chi connectivity index (χ4v) is 2.17. The van der Waals surface area contributed by atoms with Crippen molar-refractivity contribution >= 4 is 12.6 Å². The van der Waals surface area contributed by atoms with Crippen LogP contribution >= 0.6 is 0 Å². The summed E-state index contributed by atoms with van der Waals surface area (Å²) in [5.74, 6) is 0. The highest BCUT2D eigenvalue weighted by molar-refractivity contribution is 6.61. The van der Waals surface area contributed by atoms with Gasteiger partial charge < -0.3 is 9.31 Å². The van der Waals surface area contributed by atoms with Crippen LogP contribution in [0.5, 0.6) is 0 Å². The molecule has 0 spiro atoms. The Morgan fingerprint density at radius 1 is 0.950 bits per heavy atom. The molecule has 2 aromatic rings. The Balaban J connectivity index is 1.74. The van der Waals surface area contributed by atoms with Gasteiger partial charge in [-0.1, -0.05) is 38.1 Å². The molecule has 0 N–H and O–H groups in total. The molecule has 102 valence electrons. The van der Waals surface area contributed by atoms with E-state index in [1.165, 1.54) is 6.33 Å². The average Bonchev–Trinajstić information content (AvgIpc) is 2.48. The Morgan fingerprint density at radius 2 is 1.55 bits per heavy atom. The Labute approximate surface area is 119 Å². The van der Waals surface area contributed by atoms with Crippen molar-refractivity contribution in [3.8, 4) is 11.1 Å². The van der Waals surface area contributed by atoms with E-state index in [1.807, 2.05) is 24.3 Å². The molecule has 20 heavy (non-hydrogen) atoms. The lowest BCUT2D eigenvalue weighted by Crippen LogP contribution is -2.47. The molecule has 1 aromatic heterocycles. The molecule has 3 rings (SSSR count). The number of hydrogen-bond donors (Lipinski definition) is 0. The molecule has 0 unspecified atom stereocenters. The molecule has 0 bridgehead atoms. The van der Waals surface area contributed by atoms with Crippen molar-refractivity contribution < 1.29 is 9.31 Å². The van der Waals surface area contributed by atoms with Gasteiger partial charge in [0.05, 0.1) is 0 Å². The molecule has 1 aliphatic heterocycles. The fourth-order valence-electron chi connectivity index (χ4n) is 2.17. The van der Waals surface area contributed by atoms with Crippen LogP contribution in [0, 0.1) is 5.41 Å². The fraction of sp³-hybridized carbons (Fsp3) is 0.333. The lowest BCUT2D eigenvalue weighted by atomic mass is 9.75. The van der Waals surface area contributed by atoms with Crippen LogP contribution in [-0.4, -0.2) is 30.3 Å². The highest BCUT2D eigenvalue weighted by atomic mass is 16.6. The first-order chi connectivity index (χ1) is 9.64. The highest BCUT2D eigenvalue weighted by Crippen LogP contribution is 2.22. The molecule has 1 aromatic carbocycles. The molecule has 0 saturated carbocycles. The summed E-state index contributed by atoms with van der Waals surface area (Å²) < 4.78 is 11.6. The van der Waals surface area contributed by atoms with E-state index in [9.17, 15) is 0 Å². The van der Waals surface area contributed by atoms with E-state index in [2.05, 4.69) is 23.8 Å². The van der Waals surface area contributed by atoms with Gasteiger partial charge in [0.15, 0.2) is 0 Å². The Kier molecular flexibility index (Phi) is 3.55. The number of nitrogens with zero attached hydrogens (tertiary/aromatic N) is 2. The molecule has 0 aliphatic carbocycles. The van der Waals surface area contributed by atoms with E-state index in [0.717, 1.165) is 16.6 Å². The van der Waals surface area contributed by atoms with Gasteiger partial charge in [-0.2, -0.15) is 0 Å². The van der Waals surface area contributed by atoms with Gasteiger partial charge in [-0.05, 0) is 11.0 Å². The van der Waals surface area contributed by atoms with Crippen LogP contribution in [0.1, 0.15) is 13.8 Å². The average molecular weight is 268 g/mol. The normalized spacial score (nSPS) is 18.0. The minimum atomic E-state index is -0.260. The largest absolute Gasteiger partial charge is 0.493 e. The van der Waals surface area contributed by atoms with Gasteiger partial charge in [0.1, 0.15) is 6.33 Å². The zero-order valence-corrected chi connectivity index (χ0v) is 11.7. The van der Waals surface area contributed by atoms with Gasteiger partial charge in [-0.25, -0.2) is 9.97 Å². The van der Waals surface area contributed by atoms with Crippen LogP contribution in [-0.2, 0) is 9.31 Å². The molecule has 1 saturated heterocycles. The Hall–Kier alpha value is -1.72. The summed E-state index contributed by atoms with van der Waals surface area (Å²) in [4.78, 5) is 8.06. The molecular weight excluding hydrogens is 251 g/mol. The second-order valence-electron chi connectivity index (χ2n) is 5.87. The quantitative estimate of drug-likeness (QED) is 0.780. The van der Waals surface area contributed by atoms with E-state index in [-0.39, 0.29) is 12.5 Å². The summed E-state index contributed by atoms with van der Waals surface area (Å²) in [7, 11) is -0.260. The predicted octanol–water partition coefficient (Wildman–Crippen LogP) is 1.91. The molecule has 4 nitrogen and oxygen atoms in total. The Bertz CT molecular complexity index is 562. The van der Waals surface area contributed by atoms with Crippen molar-refractivity contribution in [3.63, 3.8) is 0 Å². The van der Waals surface area contributed by atoms with Crippen LogP contribution in [0.2, 0.25) is 0 Å². The van der Waals surface area contributed by atoms with Crippen molar-refractivity contribution in [2.45, 2.75) is 13.8 Å². The zero-order chi connectivity index (χ0) is 14.0. The highest BCUT2D eigenvalue weighted by Gasteiger charge is 2.33. The van der Waals surface area contributed by atoms with Gasteiger partial charge in [0.25, 0.3) is 0 Å². The number of rotatable bonds is 2. The minimum absolute atomic E-state index is 0.0951. The molecule has 0 amide bonds. The maximum Gasteiger partial charge on any atom is 0.493 e. The van der Waals surface area contributed by atoms with Crippen molar-refractivity contribution in [2.24, 2.45) is 5.41 Å². The lowest BCUT2D eigenvalue weighted by Gasteiger charge is -2.33. The van der Waals surface area contributed by atoms with Gasteiger partial charge in [0.2, 0.25) is 0 Å². The van der Waals surface area contributed by atoms with Gasteiger partial charge in [0, 0.05) is 36.6 Å². The lowest BCUT2D eigenvalue weighted by molar-refractivity contribution is 0.0343. The van der Waals surface area contributed by atoms with Gasteiger partial charge in [-0.15, -0.1) is 0 Å². The maximum atomic E-state index is 5.78. The van der Waals surface area contributed by atoms with Crippen molar-refractivity contribution in [1.29, 1.82) is 0 Å². The van der Waals surface area contributed by atoms with Crippen molar-refractivity contribution in [1.82, 2.24) is 9.97 Å². The molecule has 1 fully saturated rings. The third kappa shape index (κ3) is 2.89. The summed E-state index contributed by atoms with van der Waals surface area (Å²) in [6, 6.07) is 8.15. The van der Waals surface area contributed by atoms with Crippen LogP contribution in [0.4, 0.5) is 0 Å². The molecule has 0 radical (unpaired) electrons. The second kappa shape index (κ2) is 5.35. The minimum Gasteiger partial charge on any atom is -0.407 e. The first-order valence-corrected chi connectivity index (χ1v) is 6.73. The van der Waals surface area contributed by atoms with Gasteiger partial charge in [-0.3, -0.25) is 0 Å². The molecule has 0 atom stereocenters. The molecular formula is C15H17BN2O2. The smallest absolute Gasteiger partial charge is 0.407 e. The monoisotopic (exact) mass is 268 g/mol. The summed E-state index contributed by atoms with van der Waals surface area (Å²) >= 11 is 0.